The Labute approximate surface area is 173 Å². The standard InChI is InChI=1S/C21H24N4O5/c1-25(15-8-4-7-14(11-15)13-5-2-3-6-13)20(30)16-12-22-21(24-19(16)29)23-17(26)9-10-18(27)28/h4,7-8,11-13H,2-3,5-6,9-10H2,1H3,(H,27,28)(H2,22,23,24,26,29). The van der Waals surface area contributed by atoms with Crippen LogP contribution in [0.25, 0.3) is 0 Å². The highest BCUT2D eigenvalue weighted by Crippen LogP contribution is 2.35. The number of aliphatic carboxylic acids is 1. The molecule has 0 aliphatic heterocycles. The maximum Gasteiger partial charge on any atom is 0.303 e. The molecular weight excluding hydrogens is 388 g/mol. The number of benzene rings is 1. The van der Waals surface area contributed by atoms with Crippen LogP contribution in [0.1, 0.15) is 60.4 Å². The molecule has 9 heteroatoms. The molecule has 1 aliphatic carbocycles. The molecule has 1 aromatic heterocycles. The zero-order chi connectivity index (χ0) is 21.7. The smallest absolute Gasteiger partial charge is 0.303 e. The molecule has 0 radical (unpaired) electrons. The molecule has 1 saturated carbocycles. The van der Waals surface area contributed by atoms with E-state index < -0.39 is 23.7 Å². The van der Waals surface area contributed by atoms with Gasteiger partial charge in [0.1, 0.15) is 5.56 Å². The van der Waals surface area contributed by atoms with Crippen LogP contribution in [0.15, 0.2) is 30.5 Å². The third-order valence-electron chi connectivity index (χ3n) is 5.20. The monoisotopic (exact) mass is 412 g/mol. The Hall–Kier alpha value is -3.49. The van der Waals surface area contributed by atoms with Crippen LogP contribution in [0.5, 0.6) is 5.88 Å². The number of hydrogen-bond acceptors (Lipinski definition) is 6. The maximum atomic E-state index is 12.8. The first-order chi connectivity index (χ1) is 14.3. The summed E-state index contributed by atoms with van der Waals surface area (Å²) in [5.74, 6) is -2.45. The summed E-state index contributed by atoms with van der Waals surface area (Å²) in [6, 6.07) is 7.80. The van der Waals surface area contributed by atoms with E-state index >= 15 is 0 Å². The minimum atomic E-state index is -1.10. The Morgan fingerprint density at radius 3 is 2.60 bits per heavy atom. The number of carbonyl (C=O) groups is 3. The highest BCUT2D eigenvalue weighted by molar-refractivity contribution is 6.07. The molecular formula is C21H24N4O5. The minimum absolute atomic E-state index is 0.104. The van der Waals surface area contributed by atoms with Crippen molar-refractivity contribution in [2.45, 2.75) is 44.4 Å². The molecule has 1 fully saturated rings. The Morgan fingerprint density at radius 2 is 1.93 bits per heavy atom. The number of carboxylic acid groups (broad SMARTS) is 1. The Bertz CT molecular complexity index is 956. The van der Waals surface area contributed by atoms with Gasteiger partial charge in [-0.25, -0.2) is 4.98 Å². The van der Waals surface area contributed by atoms with Crippen molar-refractivity contribution in [1.29, 1.82) is 0 Å². The van der Waals surface area contributed by atoms with E-state index in [1.165, 1.54) is 23.3 Å². The van der Waals surface area contributed by atoms with Crippen LogP contribution >= 0.6 is 0 Å². The van der Waals surface area contributed by atoms with Gasteiger partial charge in [0.15, 0.2) is 0 Å². The van der Waals surface area contributed by atoms with Crippen molar-refractivity contribution in [3.63, 3.8) is 0 Å². The average Bonchev–Trinajstić information content (AvgIpc) is 3.26. The van der Waals surface area contributed by atoms with E-state index in [0.29, 0.717) is 11.6 Å². The van der Waals surface area contributed by atoms with E-state index in [0.717, 1.165) is 19.0 Å². The summed E-state index contributed by atoms with van der Waals surface area (Å²) in [7, 11) is 1.61. The molecule has 158 valence electrons. The lowest BCUT2D eigenvalue weighted by molar-refractivity contribution is -0.138. The van der Waals surface area contributed by atoms with Gasteiger partial charge in [-0.05, 0) is 36.5 Å². The van der Waals surface area contributed by atoms with Crippen molar-refractivity contribution in [1.82, 2.24) is 9.97 Å². The lowest BCUT2D eigenvalue weighted by Gasteiger charge is -2.20. The number of anilines is 2. The summed E-state index contributed by atoms with van der Waals surface area (Å²) in [5, 5.41) is 21.1. The second-order valence-corrected chi connectivity index (χ2v) is 7.31. The first-order valence-corrected chi connectivity index (χ1v) is 9.81. The van der Waals surface area contributed by atoms with Crippen LogP contribution in [0.3, 0.4) is 0 Å². The fourth-order valence-corrected chi connectivity index (χ4v) is 3.54. The minimum Gasteiger partial charge on any atom is -0.493 e. The number of nitrogens with zero attached hydrogens (tertiary/aromatic N) is 3. The van der Waals surface area contributed by atoms with E-state index in [9.17, 15) is 19.5 Å². The molecule has 3 rings (SSSR count). The van der Waals surface area contributed by atoms with Crippen molar-refractivity contribution in [2.24, 2.45) is 0 Å². The SMILES string of the molecule is CN(C(=O)c1cnc(NC(=O)CCC(=O)O)nc1O)c1cccc(C2CCCC2)c1. The van der Waals surface area contributed by atoms with Crippen LogP contribution in [0.4, 0.5) is 11.6 Å². The molecule has 30 heavy (non-hydrogen) atoms. The van der Waals surface area contributed by atoms with Gasteiger partial charge in [-0.3, -0.25) is 19.7 Å². The van der Waals surface area contributed by atoms with E-state index in [1.807, 2.05) is 18.2 Å². The second kappa shape index (κ2) is 9.34. The molecule has 9 nitrogen and oxygen atoms in total. The molecule has 0 saturated heterocycles. The zero-order valence-corrected chi connectivity index (χ0v) is 16.7. The third-order valence-corrected chi connectivity index (χ3v) is 5.20. The summed E-state index contributed by atoms with van der Waals surface area (Å²) in [5.41, 5.74) is 1.80. The highest BCUT2D eigenvalue weighted by atomic mass is 16.4. The van der Waals surface area contributed by atoms with Gasteiger partial charge in [0.25, 0.3) is 5.91 Å². The molecule has 0 atom stereocenters. The molecule has 0 bridgehead atoms. The van der Waals surface area contributed by atoms with Gasteiger partial charge in [0.2, 0.25) is 17.7 Å². The summed E-state index contributed by atoms with van der Waals surface area (Å²) in [6.45, 7) is 0. The van der Waals surface area contributed by atoms with Crippen molar-refractivity contribution >= 4 is 29.4 Å². The molecule has 0 spiro atoms. The predicted octanol–water partition coefficient (Wildman–Crippen LogP) is 2.92. The van der Waals surface area contributed by atoms with Gasteiger partial charge < -0.3 is 15.1 Å². The van der Waals surface area contributed by atoms with Gasteiger partial charge in [0.05, 0.1) is 6.42 Å². The predicted molar refractivity (Wildman–Crippen MR) is 110 cm³/mol. The van der Waals surface area contributed by atoms with E-state index in [4.69, 9.17) is 5.11 Å². The van der Waals surface area contributed by atoms with E-state index in [1.54, 1.807) is 7.05 Å². The number of nitrogens with one attached hydrogen (secondary N) is 1. The molecule has 0 unspecified atom stereocenters. The molecule has 2 aromatic rings. The molecule has 1 heterocycles. The summed E-state index contributed by atoms with van der Waals surface area (Å²) >= 11 is 0. The topological polar surface area (TPSA) is 133 Å². The van der Waals surface area contributed by atoms with E-state index in [-0.39, 0.29) is 24.4 Å². The van der Waals surface area contributed by atoms with Crippen molar-refractivity contribution in [3.05, 3.63) is 41.6 Å². The second-order valence-electron chi connectivity index (χ2n) is 7.31. The summed E-state index contributed by atoms with van der Waals surface area (Å²) in [4.78, 5) is 44.1. The van der Waals surface area contributed by atoms with Crippen molar-refractivity contribution in [2.75, 3.05) is 17.3 Å². The third kappa shape index (κ3) is 5.11. The lowest BCUT2D eigenvalue weighted by atomic mass is 9.97. The van der Waals surface area contributed by atoms with E-state index in [2.05, 4.69) is 21.4 Å². The molecule has 1 aromatic carbocycles. The number of amides is 2. The van der Waals surface area contributed by atoms with Crippen molar-refractivity contribution in [3.8, 4) is 5.88 Å². The largest absolute Gasteiger partial charge is 0.493 e. The number of hydrogen-bond donors (Lipinski definition) is 3. The Kier molecular flexibility index (Phi) is 6.61. The van der Waals surface area contributed by atoms with Gasteiger partial charge in [-0.2, -0.15) is 4.98 Å². The molecule has 3 N–H and O–H groups in total. The number of carboxylic acids is 1. The number of aromatic hydroxyl groups is 1. The Balaban J connectivity index is 1.71. The van der Waals surface area contributed by atoms with Gasteiger partial charge in [-0.1, -0.05) is 25.0 Å². The summed E-state index contributed by atoms with van der Waals surface area (Å²) < 4.78 is 0. The van der Waals surface area contributed by atoms with Gasteiger partial charge in [0, 0.05) is 25.4 Å². The average molecular weight is 412 g/mol. The fourth-order valence-electron chi connectivity index (χ4n) is 3.54. The molecule has 2 amide bonds. The molecule has 1 aliphatic rings. The summed E-state index contributed by atoms with van der Waals surface area (Å²) in [6.07, 6.45) is 5.28. The highest BCUT2D eigenvalue weighted by Gasteiger charge is 2.22. The van der Waals surface area contributed by atoms with Crippen LogP contribution in [0, 0.1) is 0 Å². The zero-order valence-electron chi connectivity index (χ0n) is 16.7. The van der Waals surface area contributed by atoms with Crippen molar-refractivity contribution < 1.29 is 24.6 Å². The lowest BCUT2D eigenvalue weighted by Crippen LogP contribution is -2.27. The number of carbonyl (C=O) groups excluding carboxylic acids is 2. The van der Waals surface area contributed by atoms with Gasteiger partial charge >= 0.3 is 5.97 Å². The first-order valence-electron chi connectivity index (χ1n) is 9.81. The number of aromatic nitrogens is 2. The maximum absolute atomic E-state index is 12.8. The van der Waals surface area contributed by atoms with Gasteiger partial charge in [-0.15, -0.1) is 0 Å². The van der Waals surface area contributed by atoms with Crippen LogP contribution < -0.4 is 10.2 Å². The normalized spacial score (nSPS) is 13.8. The fraction of sp³-hybridized carbons (Fsp3) is 0.381. The first kappa shape index (κ1) is 21.2. The van der Waals surface area contributed by atoms with Crippen LogP contribution in [0.2, 0.25) is 0 Å². The Morgan fingerprint density at radius 1 is 1.20 bits per heavy atom. The quantitative estimate of drug-likeness (QED) is 0.637. The van der Waals surface area contributed by atoms with Crippen LogP contribution in [-0.2, 0) is 9.59 Å². The van der Waals surface area contributed by atoms with Crippen LogP contribution in [-0.4, -0.2) is 45.0 Å². The number of rotatable bonds is 7.